The van der Waals surface area contributed by atoms with Crippen LogP contribution in [0.2, 0.25) is 0 Å². The molecule has 2 N–H and O–H groups in total. The fraction of sp³-hybridized carbons (Fsp3) is 0.400. The summed E-state index contributed by atoms with van der Waals surface area (Å²) >= 11 is 0. The molecule has 1 heterocycles. The molecule has 7 heteroatoms. The number of nitrogens with one attached hydrogen (secondary N) is 1. The van der Waals surface area contributed by atoms with Gasteiger partial charge in [0.15, 0.2) is 0 Å². The maximum atomic E-state index is 13.9. The van der Waals surface area contributed by atoms with Gasteiger partial charge in [0, 0.05) is 5.56 Å². The molecule has 1 aliphatic heterocycles. The number of phenols is 1. The Morgan fingerprint density at radius 1 is 1.07 bits per heavy atom. The monoisotopic (exact) mass is 391 g/mol. The summed E-state index contributed by atoms with van der Waals surface area (Å²) in [7, 11) is -3.81. The van der Waals surface area contributed by atoms with Crippen LogP contribution in [0.5, 0.6) is 5.75 Å². The lowest BCUT2D eigenvalue weighted by atomic mass is 10.0. The van der Waals surface area contributed by atoms with Crippen LogP contribution in [-0.2, 0) is 29.4 Å². The molecular formula is C20H24FN2O3S+. The van der Waals surface area contributed by atoms with Gasteiger partial charge in [-0.25, -0.2) is 12.8 Å². The lowest BCUT2D eigenvalue weighted by Crippen LogP contribution is -3.13. The van der Waals surface area contributed by atoms with E-state index in [9.17, 15) is 17.9 Å². The molecule has 0 aromatic heterocycles. The predicted octanol–water partition coefficient (Wildman–Crippen LogP) is 1.11. The average molecular weight is 391 g/mol. The number of aromatic hydroxyl groups is 1. The number of quaternary nitrogens is 1. The molecule has 2 aromatic carbocycles. The Bertz CT molecular complexity index is 954. The van der Waals surface area contributed by atoms with E-state index in [1.165, 1.54) is 44.6 Å². The van der Waals surface area contributed by atoms with Crippen molar-refractivity contribution in [2.24, 2.45) is 0 Å². The zero-order chi connectivity index (χ0) is 19.0. The van der Waals surface area contributed by atoms with Gasteiger partial charge in [0.25, 0.3) is 0 Å². The molecule has 1 saturated heterocycles. The number of hydrogen-bond donors (Lipinski definition) is 2. The molecule has 5 nitrogen and oxygen atoms in total. The first-order valence-corrected chi connectivity index (χ1v) is 10.8. The molecular weight excluding hydrogens is 367 g/mol. The number of fused-ring (bicyclic) bond motifs is 1. The Hall–Kier alpha value is -1.96. The Kier molecular flexibility index (Phi) is 4.92. The van der Waals surface area contributed by atoms with Gasteiger partial charge in [-0.1, -0.05) is 12.1 Å². The summed E-state index contributed by atoms with van der Waals surface area (Å²) in [6.45, 7) is 2.62. The van der Waals surface area contributed by atoms with E-state index in [1.54, 1.807) is 0 Å². The van der Waals surface area contributed by atoms with Gasteiger partial charge in [0.1, 0.15) is 23.0 Å². The van der Waals surface area contributed by atoms with Crippen molar-refractivity contribution in [1.82, 2.24) is 4.31 Å². The van der Waals surface area contributed by atoms with Crippen LogP contribution in [0, 0.1) is 5.82 Å². The van der Waals surface area contributed by atoms with E-state index in [1.807, 2.05) is 6.07 Å². The van der Waals surface area contributed by atoms with Crippen molar-refractivity contribution < 1.29 is 22.8 Å². The summed E-state index contributed by atoms with van der Waals surface area (Å²) in [6, 6.07) is 9.49. The summed E-state index contributed by atoms with van der Waals surface area (Å²) in [5.74, 6) is -0.375. The SMILES string of the molecule is O=S(=O)(c1ccccc1F)N1CC[NH+](Cc2cc3c(cc2O)CCC3)CC1. The molecule has 0 unspecified atom stereocenters. The standard InChI is InChI=1S/C20H23FN2O3S/c21-18-6-1-2-7-20(18)27(25,26)23-10-8-22(9-11-23)14-17-12-15-4-3-5-16(15)13-19(17)24/h1-2,6-7,12-13,24H,3-5,8-11,14H2/p+1. The number of benzene rings is 2. The van der Waals surface area contributed by atoms with Crippen molar-refractivity contribution >= 4 is 10.0 Å². The van der Waals surface area contributed by atoms with Crippen molar-refractivity contribution in [2.45, 2.75) is 30.7 Å². The summed E-state index contributed by atoms with van der Waals surface area (Å²) in [5, 5.41) is 10.3. The smallest absolute Gasteiger partial charge is 0.246 e. The van der Waals surface area contributed by atoms with E-state index in [4.69, 9.17) is 0 Å². The van der Waals surface area contributed by atoms with Crippen molar-refractivity contribution in [3.63, 3.8) is 0 Å². The maximum absolute atomic E-state index is 13.9. The molecule has 0 saturated carbocycles. The third-order valence-corrected chi connectivity index (χ3v) is 7.55. The second-order valence-electron chi connectivity index (χ2n) is 7.36. The first-order valence-electron chi connectivity index (χ1n) is 9.37. The molecule has 2 aliphatic rings. The fourth-order valence-corrected chi connectivity index (χ4v) is 5.59. The van der Waals surface area contributed by atoms with E-state index >= 15 is 0 Å². The normalized spacial score (nSPS) is 18.6. The molecule has 0 radical (unpaired) electrons. The molecule has 0 spiro atoms. The van der Waals surface area contributed by atoms with Gasteiger partial charge in [0.2, 0.25) is 10.0 Å². The van der Waals surface area contributed by atoms with E-state index in [2.05, 4.69) is 6.07 Å². The van der Waals surface area contributed by atoms with Crippen molar-refractivity contribution in [1.29, 1.82) is 0 Å². The summed E-state index contributed by atoms with van der Waals surface area (Å²) in [6.07, 6.45) is 3.23. The average Bonchev–Trinajstić information content (AvgIpc) is 3.10. The number of rotatable bonds is 4. The van der Waals surface area contributed by atoms with Crippen LogP contribution in [-0.4, -0.2) is 44.0 Å². The van der Waals surface area contributed by atoms with E-state index in [0.717, 1.165) is 24.8 Å². The molecule has 0 atom stereocenters. The highest BCUT2D eigenvalue weighted by Gasteiger charge is 2.32. The van der Waals surface area contributed by atoms with E-state index < -0.39 is 15.8 Å². The molecule has 144 valence electrons. The van der Waals surface area contributed by atoms with Gasteiger partial charge >= 0.3 is 0 Å². The molecule has 1 fully saturated rings. The van der Waals surface area contributed by atoms with Crippen molar-refractivity contribution in [2.75, 3.05) is 26.2 Å². The second-order valence-corrected chi connectivity index (χ2v) is 9.27. The summed E-state index contributed by atoms with van der Waals surface area (Å²) in [4.78, 5) is 0.966. The van der Waals surface area contributed by atoms with Gasteiger partial charge in [-0.15, -0.1) is 0 Å². The number of aryl methyl sites for hydroxylation is 2. The molecule has 0 bridgehead atoms. The largest absolute Gasteiger partial charge is 0.507 e. The lowest BCUT2D eigenvalue weighted by Gasteiger charge is -2.31. The number of sulfonamides is 1. The number of piperazine rings is 1. The van der Waals surface area contributed by atoms with E-state index in [0.29, 0.717) is 38.5 Å². The molecule has 0 amide bonds. The Morgan fingerprint density at radius 3 is 2.44 bits per heavy atom. The number of nitrogens with zero attached hydrogens (tertiary/aromatic N) is 1. The minimum absolute atomic E-state index is 0.260. The quantitative estimate of drug-likeness (QED) is 0.821. The molecule has 1 aliphatic carbocycles. The first kappa shape index (κ1) is 18.4. The minimum Gasteiger partial charge on any atom is -0.507 e. The minimum atomic E-state index is -3.81. The number of phenolic OH excluding ortho intramolecular Hbond substituents is 1. The Labute approximate surface area is 159 Å². The van der Waals surface area contributed by atoms with Crippen LogP contribution < -0.4 is 4.90 Å². The van der Waals surface area contributed by atoms with Crippen LogP contribution in [0.3, 0.4) is 0 Å². The highest BCUT2D eigenvalue weighted by atomic mass is 32.2. The number of halogens is 1. The summed E-state index contributed by atoms with van der Waals surface area (Å²) < 4.78 is 40.7. The summed E-state index contributed by atoms with van der Waals surface area (Å²) in [5.41, 5.74) is 3.49. The van der Waals surface area contributed by atoms with Gasteiger partial charge < -0.3 is 10.0 Å². The fourth-order valence-electron chi connectivity index (χ4n) is 4.09. The molecule has 27 heavy (non-hydrogen) atoms. The Balaban J connectivity index is 1.43. The highest BCUT2D eigenvalue weighted by molar-refractivity contribution is 7.89. The predicted molar refractivity (Wildman–Crippen MR) is 99.7 cm³/mol. The highest BCUT2D eigenvalue weighted by Crippen LogP contribution is 2.28. The van der Waals surface area contributed by atoms with Gasteiger partial charge in [-0.3, -0.25) is 0 Å². The van der Waals surface area contributed by atoms with Crippen molar-refractivity contribution in [3.8, 4) is 5.75 Å². The van der Waals surface area contributed by atoms with Crippen LogP contribution >= 0.6 is 0 Å². The third kappa shape index (κ3) is 3.59. The Morgan fingerprint density at radius 2 is 1.74 bits per heavy atom. The first-order chi connectivity index (χ1) is 12.9. The van der Waals surface area contributed by atoms with Gasteiger partial charge in [0.05, 0.1) is 26.2 Å². The zero-order valence-electron chi connectivity index (χ0n) is 15.1. The van der Waals surface area contributed by atoms with Crippen LogP contribution in [0.15, 0.2) is 41.3 Å². The third-order valence-electron chi connectivity index (χ3n) is 5.62. The van der Waals surface area contributed by atoms with Gasteiger partial charge in [-0.05, 0) is 54.7 Å². The van der Waals surface area contributed by atoms with E-state index in [-0.39, 0.29) is 4.90 Å². The maximum Gasteiger partial charge on any atom is 0.246 e. The molecule has 2 aromatic rings. The lowest BCUT2D eigenvalue weighted by molar-refractivity contribution is -0.917. The van der Waals surface area contributed by atoms with Crippen molar-refractivity contribution in [3.05, 3.63) is 58.9 Å². The zero-order valence-corrected chi connectivity index (χ0v) is 15.9. The second kappa shape index (κ2) is 7.22. The van der Waals surface area contributed by atoms with Crippen LogP contribution in [0.4, 0.5) is 4.39 Å². The molecule has 4 rings (SSSR count). The topological polar surface area (TPSA) is 62.0 Å². The van der Waals surface area contributed by atoms with Gasteiger partial charge in [-0.2, -0.15) is 4.31 Å². The van der Waals surface area contributed by atoms with Crippen LogP contribution in [0.1, 0.15) is 23.1 Å². The number of hydrogen-bond acceptors (Lipinski definition) is 3. The van der Waals surface area contributed by atoms with Crippen LogP contribution in [0.25, 0.3) is 0 Å².